The summed E-state index contributed by atoms with van der Waals surface area (Å²) in [5.41, 5.74) is 2.07. The van der Waals surface area contributed by atoms with Crippen LogP contribution in [0.2, 0.25) is 0 Å². The number of nitrogens with zero attached hydrogens (tertiary/aromatic N) is 4. The number of aromatic nitrogens is 3. The second-order valence-electron chi connectivity index (χ2n) is 5.87. The van der Waals surface area contributed by atoms with E-state index in [-0.39, 0.29) is 10.9 Å². The number of sulfonamides is 1. The average molecular weight is 336 g/mol. The van der Waals surface area contributed by atoms with E-state index >= 15 is 0 Å². The third-order valence-corrected chi connectivity index (χ3v) is 6.39. The lowest BCUT2D eigenvalue weighted by atomic mass is 9.99. The molecule has 0 radical (unpaired) electrons. The molecule has 0 unspecified atom stereocenters. The summed E-state index contributed by atoms with van der Waals surface area (Å²) in [7, 11) is -3.68. The molecule has 0 saturated carbocycles. The van der Waals surface area contributed by atoms with Crippen LogP contribution in [-0.4, -0.2) is 34.4 Å². The van der Waals surface area contributed by atoms with Crippen LogP contribution >= 0.6 is 0 Å². The molecule has 0 aliphatic carbocycles. The van der Waals surface area contributed by atoms with Crippen LogP contribution in [0.4, 0.5) is 0 Å². The molecule has 0 aromatic carbocycles. The van der Waals surface area contributed by atoms with E-state index in [4.69, 9.17) is 4.52 Å². The van der Waals surface area contributed by atoms with Crippen LogP contribution in [0.5, 0.6) is 0 Å². The topological polar surface area (TPSA) is 89.2 Å². The van der Waals surface area contributed by atoms with Crippen molar-refractivity contribution in [2.24, 2.45) is 0 Å². The summed E-state index contributed by atoms with van der Waals surface area (Å²) >= 11 is 0. The minimum absolute atomic E-state index is 0.177. The van der Waals surface area contributed by atoms with E-state index in [0.717, 1.165) is 30.5 Å². The Morgan fingerprint density at radius 3 is 2.70 bits per heavy atom. The molecule has 1 aliphatic heterocycles. The van der Waals surface area contributed by atoms with Gasteiger partial charge in [0.25, 0.3) is 0 Å². The minimum atomic E-state index is -3.68. The molecule has 1 fully saturated rings. The lowest BCUT2D eigenvalue weighted by Gasteiger charge is -2.34. The van der Waals surface area contributed by atoms with Gasteiger partial charge in [-0.05, 0) is 39.2 Å². The molecule has 1 aliphatic rings. The SMILES string of the molecule is Cc1cncnc1[C@H]1CCCCN1S(=O)(=O)c1c(C)noc1C. The summed E-state index contributed by atoms with van der Waals surface area (Å²) in [5.74, 6) is 0.325. The van der Waals surface area contributed by atoms with E-state index in [2.05, 4.69) is 15.1 Å². The predicted molar refractivity (Wildman–Crippen MR) is 83.2 cm³/mol. The van der Waals surface area contributed by atoms with Crippen molar-refractivity contribution in [2.75, 3.05) is 6.54 Å². The molecule has 3 heterocycles. The fraction of sp³-hybridized carbons (Fsp3) is 0.533. The fourth-order valence-electron chi connectivity index (χ4n) is 3.18. The van der Waals surface area contributed by atoms with Crippen LogP contribution in [0.3, 0.4) is 0 Å². The molecule has 1 atom stereocenters. The molecule has 0 N–H and O–H groups in total. The van der Waals surface area contributed by atoms with Crippen molar-refractivity contribution < 1.29 is 12.9 Å². The first-order valence-corrected chi connectivity index (χ1v) is 9.08. The number of piperidine rings is 1. The summed E-state index contributed by atoms with van der Waals surface area (Å²) in [4.78, 5) is 8.51. The summed E-state index contributed by atoms with van der Waals surface area (Å²) in [6, 6.07) is -0.273. The first-order chi connectivity index (χ1) is 10.9. The minimum Gasteiger partial charge on any atom is -0.360 e. The molecule has 124 valence electrons. The lowest BCUT2D eigenvalue weighted by molar-refractivity contribution is 0.250. The van der Waals surface area contributed by atoms with Gasteiger partial charge in [-0.2, -0.15) is 4.31 Å². The van der Waals surface area contributed by atoms with Crippen molar-refractivity contribution in [3.8, 4) is 0 Å². The van der Waals surface area contributed by atoms with Gasteiger partial charge in [-0.25, -0.2) is 18.4 Å². The Bertz CT molecular complexity index is 796. The van der Waals surface area contributed by atoms with Crippen molar-refractivity contribution in [3.63, 3.8) is 0 Å². The first-order valence-electron chi connectivity index (χ1n) is 7.64. The molecule has 3 rings (SSSR count). The summed E-state index contributed by atoms with van der Waals surface area (Å²) in [6.45, 7) is 5.66. The Kier molecular flexibility index (Phi) is 4.20. The largest absolute Gasteiger partial charge is 0.360 e. The van der Waals surface area contributed by atoms with Crippen molar-refractivity contribution in [2.45, 2.75) is 51.0 Å². The Morgan fingerprint density at radius 1 is 1.26 bits per heavy atom. The Morgan fingerprint density at radius 2 is 2.04 bits per heavy atom. The maximum absolute atomic E-state index is 13.2. The van der Waals surface area contributed by atoms with Gasteiger partial charge in [-0.15, -0.1) is 0 Å². The second kappa shape index (κ2) is 6.01. The van der Waals surface area contributed by atoms with Gasteiger partial charge in [0.15, 0.2) is 5.76 Å². The van der Waals surface area contributed by atoms with Gasteiger partial charge >= 0.3 is 0 Å². The molecule has 2 aromatic rings. The van der Waals surface area contributed by atoms with E-state index in [9.17, 15) is 8.42 Å². The van der Waals surface area contributed by atoms with E-state index in [1.54, 1.807) is 24.3 Å². The third kappa shape index (κ3) is 2.76. The van der Waals surface area contributed by atoms with Gasteiger partial charge in [0, 0.05) is 12.7 Å². The highest BCUT2D eigenvalue weighted by atomic mass is 32.2. The molecule has 2 aromatic heterocycles. The predicted octanol–water partition coefficient (Wildman–Crippen LogP) is 2.31. The molecule has 1 saturated heterocycles. The normalized spacial score (nSPS) is 19.9. The summed E-state index contributed by atoms with van der Waals surface area (Å²) < 4.78 is 32.9. The highest BCUT2D eigenvalue weighted by Gasteiger charge is 2.38. The van der Waals surface area contributed by atoms with Gasteiger partial charge in [0.2, 0.25) is 10.0 Å². The number of hydrogen-bond acceptors (Lipinski definition) is 6. The van der Waals surface area contributed by atoms with Gasteiger partial charge < -0.3 is 4.52 Å². The van der Waals surface area contributed by atoms with Crippen LogP contribution in [0.25, 0.3) is 0 Å². The molecule has 23 heavy (non-hydrogen) atoms. The smallest absolute Gasteiger partial charge is 0.249 e. The van der Waals surface area contributed by atoms with Crippen LogP contribution in [0.1, 0.15) is 48.0 Å². The highest BCUT2D eigenvalue weighted by Crippen LogP contribution is 2.36. The molecule has 8 heteroatoms. The van der Waals surface area contributed by atoms with Gasteiger partial charge in [0.1, 0.15) is 16.9 Å². The van der Waals surface area contributed by atoms with Crippen molar-refractivity contribution >= 4 is 10.0 Å². The number of aryl methyl sites for hydroxylation is 3. The van der Waals surface area contributed by atoms with Crippen molar-refractivity contribution in [1.29, 1.82) is 0 Å². The van der Waals surface area contributed by atoms with Gasteiger partial charge in [-0.3, -0.25) is 0 Å². The molecule has 0 bridgehead atoms. The van der Waals surface area contributed by atoms with E-state index in [0.29, 0.717) is 18.0 Å². The lowest BCUT2D eigenvalue weighted by Crippen LogP contribution is -2.39. The maximum atomic E-state index is 13.2. The van der Waals surface area contributed by atoms with Crippen LogP contribution in [0.15, 0.2) is 21.9 Å². The molecular weight excluding hydrogens is 316 g/mol. The monoisotopic (exact) mass is 336 g/mol. The van der Waals surface area contributed by atoms with Crippen molar-refractivity contribution in [3.05, 3.63) is 35.2 Å². The van der Waals surface area contributed by atoms with E-state index in [1.807, 2.05) is 6.92 Å². The first kappa shape index (κ1) is 16.1. The highest BCUT2D eigenvalue weighted by molar-refractivity contribution is 7.89. The summed E-state index contributed by atoms with van der Waals surface area (Å²) in [6.07, 6.45) is 5.75. The fourth-order valence-corrected chi connectivity index (χ4v) is 5.14. The van der Waals surface area contributed by atoms with Gasteiger partial charge in [0.05, 0.1) is 11.7 Å². The molecule has 0 spiro atoms. The standard InChI is InChI=1S/C15H20N4O3S/c1-10-8-16-9-17-14(10)13-6-4-5-7-19(13)23(20,21)15-11(2)18-22-12(15)3/h8-9,13H,4-7H2,1-3H3/t13-/m1/s1. The quantitative estimate of drug-likeness (QED) is 0.854. The van der Waals surface area contributed by atoms with E-state index in [1.165, 1.54) is 6.33 Å². The molecule has 0 amide bonds. The Labute approximate surface area is 135 Å². The Hall–Kier alpha value is -1.80. The van der Waals surface area contributed by atoms with Crippen LogP contribution in [-0.2, 0) is 10.0 Å². The second-order valence-corrected chi connectivity index (χ2v) is 7.70. The van der Waals surface area contributed by atoms with Crippen molar-refractivity contribution in [1.82, 2.24) is 19.4 Å². The third-order valence-electron chi connectivity index (χ3n) is 4.24. The number of hydrogen-bond donors (Lipinski definition) is 0. The van der Waals surface area contributed by atoms with Crippen LogP contribution in [0, 0.1) is 20.8 Å². The summed E-state index contributed by atoms with van der Waals surface area (Å²) in [5, 5.41) is 3.79. The maximum Gasteiger partial charge on any atom is 0.249 e. The zero-order valence-electron chi connectivity index (χ0n) is 13.5. The average Bonchev–Trinajstić information content (AvgIpc) is 2.87. The zero-order chi connectivity index (χ0) is 16.6. The molecule has 7 nitrogen and oxygen atoms in total. The molecular formula is C15H20N4O3S. The van der Waals surface area contributed by atoms with Crippen LogP contribution < -0.4 is 0 Å². The van der Waals surface area contributed by atoms with Gasteiger partial charge in [-0.1, -0.05) is 11.6 Å². The number of rotatable bonds is 3. The zero-order valence-corrected chi connectivity index (χ0v) is 14.3. The Balaban J connectivity index is 2.07. The van der Waals surface area contributed by atoms with E-state index < -0.39 is 10.0 Å².